The van der Waals surface area contributed by atoms with Gasteiger partial charge in [0.2, 0.25) is 5.91 Å². The second-order valence-corrected chi connectivity index (χ2v) is 7.61. The van der Waals surface area contributed by atoms with Gasteiger partial charge in [0.05, 0.1) is 14.2 Å². The lowest BCUT2D eigenvalue weighted by molar-refractivity contribution is -0.127. The lowest BCUT2D eigenvalue weighted by Gasteiger charge is -2.17. The summed E-state index contributed by atoms with van der Waals surface area (Å²) in [7, 11) is 1.05. The second-order valence-electron chi connectivity index (χ2n) is 5.91. The number of amides is 1. The summed E-state index contributed by atoms with van der Waals surface area (Å²) in [6.45, 7) is 1.39. The van der Waals surface area contributed by atoms with Gasteiger partial charge in [0.1, 0.15) is 0 Å². The Kier molecular flexibility index (Phi) is 6.63. The third-order valence-corrected chi connectivity index (χ3v) is 5.33. The molecule has 1 aromatic rings. The molecule has 0 aliphatic carbocycles. The maximum Gasteiger partial charge on any atom is 0.276 e. The molecule has 1 saturated heterocycles. The van der Waals surface area contributed by atoms with Gasteiger partial charge in [-0.3, -0.25) is 4.79 Å². The van der Waals surface area contributed by atoms with Gasteiger partial charge in [0.25, 0.3) is 10.2 Å². The van der Waals surface area contributed by atoms with Crippen LogP contribution in [0.4, 0.5) is 0 Å². The van der Waals surface area contributed by atoms with E-state index in [1.54, 1.807) is 19.1 Å². The number of benzene rings is 1. The van der Waals surface area contributed by atoms with Crippen molar-refractivity contribution in [3.8, 4) is 11.5 Å². The lowest BCUT2D eigenvalue weighted by atomic mass is 10.1. The van der Waals surface area contributed by atoms with Gasteiger partial charge in [-0.15, -0.1) is 0 Å². The smallest absolute Gasteiger partial charge is 0.276 e. The Balaban J connectivity index is 1.88. The summed E-state index contributed by atoms with van der Waals surface area (Å²) in [5, 5.41) is 0. The molecule has 1 aliphatic rings. The number of hydrogen-bond acceptors (Lipinski definition) is 5. The monoisotopic (exact) mass is 371 g/mol. The highest BCUT2D eigenvalue weighted by atomic mass is 32.2. The van der Waals surface area contributed by atoms with Gasteiger partial charge < -0.3 is 14.4 Å². The van der Waals surface area contributed by atoms with E-state index < -0.39 is 10.2 Å². The van der Waals surface area contributed by atoms with Crippen molar-refractivity contribution in [2.75, 3.05) is 40.9 Å². The summed E-state index contributed by atoms with van der Waals surface area (Å²) in [6.07, 6.45) is 1.05. The quantitative estimate of drug-likeness (QED) is 0.644. The maximum atomic E-state index is 12.1. The standard InChI is InChI=1S/C16H25N3O5S/c1-17-25(21,22)18-10-13-9-16(20)19(11-13)7-6-12-4-5-14(23-2)15(8-12)24-3/h4-5,8,13,17-18H,6-7,9-11H2,1-3H3. The van der Waals surface area contributed by atoms with Crippen LogP contribution in [0.2, 0.25) is 0 Å². The summed E-state index contributed by atoms with van der Waals surface area (Å²) in [5.41, 5.74) is 1.05. The van der Waals surface area contributed by atoms with Crippen LogP contribution < -0.4 is 18.9 Å². The number of ether oxygens (including phenoxy) is 2. The minimum Gasteiger partial charge on any atom is -0.493 e. The number of methoxy groups -OCH3 is 2. The number of carbonyl (C=O) groups is 1. The van der Waals surface area contributed by atoms with Crippen LogP contribution in [0.5, 0.6) is 11.5 Å². The number of carbonyl (C=O) groups excluding carboxylic acids is 1. The van der Waals surface area contributed by atoms with Gasteiger partial charge in [0.15, 0.2) is 11.5 Å². The summed E-state index contributed by atoms with van der Waals surface area (Å²) in [4.78, 5) is 13.9. The number of likely N-dealkylation sites (tertiary alicyclic amines) is 1. The zero-order valence-electron chi connectivity index (χ0n) is 14.7. The van der Waals surface area contributed by atoms with E-state index in [1.165, 1.54) is 7.05 Å². The van der Waals surface area contributed by atoms with Crippen LogP contribution in [0.3, 0.4) is 0 Å². The fourth-order valence-electron chi connectivity index (χ4n) is 2.81. The molecule has 1 fully saturated rings. The molecule has 1 amide bonds. The molecule has 0 aromatic heterocycles. The van der Waals surface area contributed by atoms with Crippen LogP contribution in [-0.2, 0) is 21.4 Å². The first-order valence-electron chi connectivity index (χ1n) is 8.05. The Labute approximate surface area is 148 Å². The van der Waals surface area contributed by atoms with Crippen LogP contribution in [0.1, 0.15) is 12.0 Å². The SMILES string of the molecule is CNS(=O)(=O)NCC1CC(=O)N(CCc2ccc(OC)c(OC)c2)C1. The molecule has 1 aliphatic heterocycles. The van der Waals surface area contributed by atoms with E-state index in [-0.39, 0.29) is 18.4 Å². The molecular weight excluding hydrogens is 346 g/mol. The van der Waals surface area contributed by atoms with Crippen molar-refractivity contribution in [3.05, 3.63) is 23.8 Å². The predicted molar refractivity (Wildman–Crippen MR) is 93.9 cm³/mol. The molecule has 0 saturated carbocycles. The van der Waals surface area contributed by atoms with Gasteiger partial charge in [-0.25, -0.2) is 9.44 Å². The molecule has 2 N–H and O–H groups in total. The van der Waals surface area contributed by atoms with Crippen molar-refractivity contribution in [1.29, 1.82) is 0 Å². The molecule has 1 heterocycles. The molecule has 2 rings (SSSR count). The molecule has 9 heteroatoms. The average molecular weight is 371 g/mol. The van der Waals surface area contributed by atoms with Gasteiger partial charge in [-0.1, -0.05) is 6.07 Å². The Morgan fingerprint density at radius 3 is 2.60 bits per heavy atom. The molecule has 0 radical (unpaired) electrons. The van der Waals surface area contributed by atoms with Crippen LogP contribution in [-0.4, -0.2) is 60.1 Å². The van der Waals surface area contributed by atoms with Crippen LogP contribution in [0.15, 0.2) is 18.2 Å². The Morgan fingerprint density at radius 2 is 1.96 bits per heavy atom. The van der Waals surface area contributed by atoms with Gasteiger partial charge in [0, 0.05) is 33.1 Å². The second kappa shape index (κ2) is 8.50. The number of nitrogens with one attached hydrogen (secondary N) is 2. The van der Waals surface area contributed by atoms with Crippen molar-refractivity contribution in [1.82, 2.24) is 14.3 Å². The lowest BCUT2D eigenvalue weighted by Crippen LogP contribution is -2.37. The summed E-state index contributed by atoms with van der Waals surface area (Å²) < 4.78 is 37.9. The van der Waals surface area contributed by atoms with E-state index in [0.717, 1.165) is 5.56 Å². The predicted octanol–water partition coefficient (Wildman–Crippen LogP) is 0.149. The molecule has 1 atom stereocenters. The number of hydrogen-bond donors (Lipinski definition) is 2. The Hall–Kier alpha value is -1.84. The maximum absolute atomic E-state index is 12.1. The van der Waals surface area contributed by atoms with Crippen molar-refractivity contribution in [2.24, 2.45) is 5.92 Å². The summed E-state index contributed by atoms with van der Waals surface area (Å²) in [6, 6.07) is 5.69. The molecule has 25 heavy (non-hydrogen) atoms. The van der Waals surface area contributed by atoms with Crippen molar-refractivity contribution < 1.29 is 22.7 Å². The molecular formula is C16H25N3O5S. The van der Waals surface area contributed by atoms with Crippen LogP contribution in [0.25, 0.3) is 0 Å². The molecule has 1 unspecified atom stereocenters. The van der Waals surface area contributed by atoms with Gasteiger partial charge in [-0.05, 0) is 30.0 Å². The molecule has 0 bridgehead atoms. The van der Waals surface area contributed by atoms with E-state index in [2.05, 4.69) is 9.44 Å². The first kappa shape index (κ1) is 19.5. The first-order valence-corrected chi connectivity index (χ1v) is 9.53. The van der Waals surface area contributed by atoms with Crippen molar-refractivity contribution in [3.63, 3.8) is 0 Å². The highest BCUT2D eigenvalue weighted by molar-refractivity contribution is 7.87. The van der Waals surface area contributed by atoms with Gasteiger partial charge >= 0.3 is 0 Å². The fourth-order valence-corrected chi connectivity index (χ4v) is 3.41. The average Bonchev–Trinajstić information content (AvgIpc) is 2.98. The normalized spacial score (nSPS) is 17.8. The van der Waals surface area contributed by atoms with E-state index in [9.17, 15) is 13.2 Å². The molecule has 140 valence electrons. The molecule has 8 nitrogen and oxygen atoms in total. The third-order valence-electron chi connectivity index (χ3n) is 4.24. The summed E-state index contributed by atoms with van der Waals surface area (Å²) >= 11 is 0. The minimum atomic E-state index is -3.47. The first-order chi connectivity index (χ1) is 11.9. The third kappa shape index (κ3) is 5.32. The van der Waals surface area contributed by atoms with Crippen molar-refractivity contribution >= 4 is 16.1 Å². The summed E-state index contributed by atoms with van der Waals surface area (Å²) in [5.74, 6) is 1.36. The zero-order chi connectivity index (χ0) is 18.4. The van der Waals surface area contributed by atoms with E-state index in [1.807, 2.05) is 18.2 Å². The number of rotatable bonds is 9. The van der Waals surface area contributed by atoms with E-state index in [4.69, 9.17) is 9.47 Å². The highest BCUT2D eigenvalue weighted by Gasteiger charge is 2.29. The minimum absolute atomic E-state index is 0.0129. The Bertz CT molecular complexity index is 708. The fraction of sp³-hybridized carbons (Fsp3) is 0.562. The topological polar surface area (TPSA) is 97.0 Å². The van der Waals surface area contributed by atoms with Crippen LogP contribution in [0, 0.1) is 5.92 Å². The highest BCUT2D eigenvalue weighted by Crippen LogP contribution is 2.28. The molecule has 0 spiro atoms. The zero-order valence-corrected chi connectivity index (χ0v) is 15.6. The Morgan fingerprint density at radius 1 is 1.24 bits per heavy atom. The molecule has 1 aromatic carbocycles. The van der Waals surface area contributed by atoms with Gasteiger partial charge in [-0.2, -0.15) is 8.42 Å². The van der Waals surface area contributed by atoms with E-state index >= 15 is 0 Å². The number of nitrogens with zero attached hydrogens (tertiary/aromatic N) is 1. The van der Waals surface area contributed by atoms with Crippen molar-refractivity contribution in [2.45, 2.75) is 12.8 Å². The van der Waals surface area contributed by atoms with E-state index in [0.29, 0.717) is 37.4 Å². The largest absolute Gasteiger partial charge is 0.493 e. The van der Waals surface area contributed by atoms with Crippen LogP contribution >= 0.6 is 0 Å².